The van der Waals surface area contributed by atoms with Gasteiger partial charge in [0.15, 0.2) is 0 Å². The molecule has 50 heavy (non-hydrogen) atoms. The summed E-state index contributed by atoms with van der Waals surface area (Å²) in [6.45, 7) is 8.00. The van der Waals surface area contributed by atoms with Crippen LogP contribution in [-0.4, -0.2) is 126 Å². The highest BCUT2D eigenvalue weighted by Gasteiger charge is 2.35. The van der Waals surface area contributed by atoms with E-state index in [-0.39, 0.29) is 23.9 Å². The highest BCUT2D eigenvalue weighted by atomic mass is 32.2. The SMILES string of the molecule is C[C@H]1CN(S(=O)(=O)c2ccc(N(C)C)cc2)CCCN(CC2CCCCC2)CCCN(S(=O)(=O)N2CCN(c3c[nH]c4ccccc34)CC2)C1. The predicted octanol–water partition coefficient (Wildman–Crippen LogP) is 4.91. The molecular weight excluding hydrogens is 671 g/mol. The first-order chi connectivity index (χ1) is 24.0. The molecule has 1 aromatic heterocycles. The molecule has 13 heteroatoms. The third-order valence-electron chi connectivity index (χ3n) is 10.8. The minimum absolute atomic E-state index is 0.189. The Labute approximate surface area is 300 Å². The van der Waals surface area contributed by atoms with E-state index in [1.54, 1.807) is 25.0 Å². The summed E-state index contributed by atoms with van der Waals surface area (Å²) in [5.74, 6) is 0.464. The second kappa shape index (κ2) is 16.3. The van der Waals surface area contributed by atoms with Crippen molar-refractivity contribution >= 4 is 42.5 Å². The summed E-state index contributed by atoms with van der Waals surface area (Å²) < 4.78 is 61.9. The van der Waals surface area contributed by atoms with Crippen LogP contribution in [0.15, 0.2) is 59.6 Å². The van der Waals surface area contributed by atoms with Gasteiger partial charge in [-0.2, -0.15) is 21.3 Å². The molecule has 276 valence electrons. The second-order valence-corrected chi connectivity index (χ2v) is 18.7. The van der Waals surface area contributed by atoms with Crippen LogP contribution in [0.4, 0.5) is 11.4 Å². The number of hydrogen-bond acceptors (Lipinski definition) is 7. The van der Waals surface area contributed by atoms with E-state index in [0.717, 1.165) is 54.8 Å². The molecule has 0 unspecified atom stereocenters. The summed E-state index contributed by atoms with van der Waals surface area (Å²) in [7, 11) is -3.67. The van der Waals surface area contributed by atoms with Crippen LogP contribution < -0.4 is 9.80 Å². The summed E-state index contributed by atoms with van der Waals surface area (Å²) in [6, 6.07) is 15.3. The van der Waals surface area contributed by atoms with Gasteiger partial charge in [-0.1, -0.05) is 44.4 Å². The molecular formula is C37H57N7O4S2. The van der Waals surface area contributed by atoms with E-state index < -0.39 is 20.2 Å². The first-order valence-corrected chi connectivity index (χ1v) is 21.4. The summed E-state index contributed by atoms with van der Waals surface area (Å²) in [5.41, 5.74) is 3.12. The zero-order chi connectivity index (χ0) is 35.3. The van der Waals surface area contributed by atoms with Crippen molar-refractivity contribution in [2.45, 2.75) is 56.8 Å². The van der Waals surface area contributed by atoms with E-state index in [9.17, 15) is 16.8 Å². The van der Waals surface area contributed by atoms with Crippen molar-refractivity contribution in [3.05, 3.63) is 54.7 Å². The molecule has 0 spiro atoms. The van der Waals surface area contributed by atoms with Crippen LogP contribution in [0.5, 0.6) is 0 Å². The third-order valence-corrected chi connectivity index (χ3v) is 14.7. The minimum Gasteiger partial charge on any atom is -0.378 e. The fourth-order valence-corrected chi connectivity index (χ4v) is 11.4. The van der Waals surface area contributed by atoms with Gasteiger partial charge in [-0.3, -0.25) is 0 Å². The zero-order valence-corrected chi connectivity index (χ0v) is 31.8. The number of aromatic nitrogens is 1. The minimum atomic E-state index is -3.78. The lowest BCUT2D eigenvalue weighted by Crippen LogP contribution is -2.54. The Morgan fingerprint density at radius 3 is 2.04 bits per heavy atom. The molecule has 0 bridgehead atoms. The Morgan fingerprint density at radius 2 is 1.36 bits per heavy atom. The Morgan fingerprint density at radius 1 is 0.720 bits per heavy atom. The zero-order valence-electron chi connectivity index (χ0n) is 30.2. The van der Waals surface area contributed by atoms with E-state index in [1.165, 1.54) is 32.1 Å². The Balaban J connectivity index is 1.19. The second-order valence-electron chi connectivity index (χ2n) is 14.8. The average Bonchev–Trinajstić information content (AvgIpc) is 3.55. The molecule has 3 heterocycles. The van der Waals surface area contributed by atoms with Crippen molar-refractivity contribution < 1.29 is 16.8 Å². The van der Waals surface area contributed by atoms with Gasteiger partial charge >= 0.3 is 0 Å². The van der Waals surface area contributed by atoms with E-state index in [0.29, 0.717) is 45.2 Å². The quantitative estimate of drug-likeness (QED) is 0.352. The molecule has 1 atom stereocenters. The van der Waals surface area contributed by atoms with Gasteiger partial charge in [0, 0.05) is 95.8 Å². The molecule has 0 radical (unpaired) electrons. The van der Waals surface area contributed by atoms with Gasteiger partial charge in [0.2, 0.25) is 10.0 Å². The van der Waals surface area contributed by atoms with Gasteiger partial charge in [-0.25, -0.2) is 8.42 Å². The highest BCUT2D eigenvalue weighted by Crippen LogP contribution is 2.29. The van der Waals surface area contributed by atoms with Crippen molar-refractivity contribution in [2.24, 2.45) is 11.8 Å². The summed E-state index contributed by atoms with van der Waals surface area (Å²) in [5, 5.41) is 1.15. The number of aromatic amines is 1. The van der Waals surface area contributed by atoms with Gasteiger partial charge in [0.05, 0.1) is 10.6 Å². The van der Waals surface area contributed by atoms with Crippen LogP contribution in [0.3, 0.4) is 0 Å². The van der Waals surface area contributed by atoms with Crippen molar-refractivity contribution in [1.82, 2.24) is 22.8 Å². The number of H-pyrrole nitrogens is 1. The lowest BCUT2D eigenvalue weighted by atomic mass is 9.89. The number of piperazine rings is 1. The summed E-state index contributed by atoms with van der Waals surface area (Å²) in [6.07, 6.45) is 9.85. The van der Waals surface area contributed by atoms with E-state index in [1.807, 2.05) is 56.4 Å². The van der Waals surface area contributed by atoms with Gasteiger partial charge in [0.25, 0.3) is 10.2 Å². The van der Waals surface area contributed by atoms with Gasteiger partial charge in [0.1, 0.15) is 0 Å². The molecule has 1 saturated carbocycles. The molecule has 3 aliphatic rings. The smallest absolute Gasteiger partial charge is 0.282 e. The average molecular weight is 728 g/mol. The van der Waals surface area contributed by atoms with Gasteiger partial charge < -0.3 is 19.7 Å². The van der Waals surface area contributed by atoms with E-state index in [4.69, 9.17) is 0 Å². The fraction of sp³-hybridized carbons (Fsp3) is 0.622. The molecule has 6 rings (SSSR count). The number of nitrogens with one attached hydrogen (secondary N) is 1. The lowest BCUT2D eigenvalue weighted by Gasteiger charge is -2.39. The number of fused-ring (bicyclic) bond motifs is 1. The van der Waals surface area contributed by atoms with Crippen LogP contribution in [0.1, 0.15) is 51.9 Å². The molecule has 3 aromatic rings. The van der Waals surface area contributed by atoms with Crippen molar-refractivity contribution in [3.63, 3.8) is 0 Å². The first-order valence-electron chi connectivity index (χ1n) is 18.6. The largest absolute Gasteiger partial charge is 0.378 e. The van der Waals surface area contributed by atoms with Crippen LogP contribution in [0.2, 0.25) is 0 Å². The van der Waals surface area contributed by atoms with Crippen molar-refractivity contribution in [3.8, 4) is 0 Å². The number of benzene rings is 2. The lowest BCUT2D eigenvalue weighted by molar-refractivity contribution is 0.179. The Hall–Kier alpha value is -2.68. The van der Waals surface area contributed by atoms with Crippen LogP contribution in [0.25, 0.3) is 10.9 Å². The number of hydrogen-bond donors (Lipinski definition) is 1. The molecule has 2 saturated heterocycles. The van der Waals surface area contributed by atoms with Crippen molar-refractivity contribution in [1.29, 1.82) is 0 Å². The fourth-order valence-electron chi connectivity index (χ4n) is 8.04. The number of sulfonamides is 1. The molecule has 0 amide bonds. The van der Waals surface area contributed by atoms with Crippen LogP contribution in [-0.2, 0) is 20.2 Å². The summed E-state index contributed by atoms with van der Waals surface area (Å²) in [4.78, 5) is 10.3. The monoisotopic (exact) mass is 727 g/mol. The summed E-state index contributed by atoms with van der Waals surface area (Å²) >= 11 is 0. The molecule has 1 aliphatic carbocycles. The van der Waals surface area contributed by atoms with Crippen LogP contribution >= 0.6 is 0 Å². The molecule has 11 nitrogen and oxygen atoms in total. The van der Waals surface area contributed by atoms with Gasteiger partial charge in [-0.15, -0.1) is 0 Å². The molecule has 1 N–H and O–H groups in total. The first kappa shape index (κ1) is 37.1. The normalized spacial score (nSPS) is 22.7. The highest BCUT2D eigenvalue weighted by molar-refractivity contribution is 7.89. The Kier molecular flexibility index (Phi) is 12.1. The van der Waals surface area contributed by atoms with E-state index in [2.05, 4.69) is 26.9 Å². The maximum Gasteiger partial charge on any atom is 0.282 e. The molecule has 2 aromatic carbocycles. The molecule has 2 aliphatic heterocycles. The number of nitrogens with zero attached hydrogens (tertiary/aromatic N) is 6. The number of rotatable bonds is 8. The maximum absolute atomic E-state index is 14.4. The standard InChI is InChI=1S/C37H57N7O4S2/c1-31-28-43(49(45,46)34-17-15-33(16-18-34)39(2)3)21-9-19-40(30-32-11-5-4-6-12-32)20-10-22-44(29-31)50(47,48)42-25-23-41(24-26-42)37-27-38-36-14-8-7-13-35(36)37/h7-8,13-18,27,31-32,38H,4-6,9-12,19-26,28-30H2,1-3H3/t31-/m0/s1. The van der Waals surface area contributed by atoms with Crippen molar-refractivity contribution in [2.75, 3.05) is 95.9 Å². The Bertz CT molecular complexity index is 1750. The van der Waals surface area contributed by atoms with Crippen LogP contribution in [0, 0.1) is 11.8 Å². The number of para-hydroxylation sites is 1. The van der Waals surface area contributed by atoms with E-state index >= 15 is 0 Å². The maximum atomic E-state index is 14.4. The third kappa shape index (κ3) is 8.67. The molecule has 3 fully saturated rings. The van der Waals surface area contributed by atoms with Gasteiger partial charge in [-0.05, 0) is 80.9 Å². The predicted molar refractivity (Wildman–Crippen MR) is 204 cm³/mol. The topological polar surface area (TPSA) is 104 Å². The number of anilines is 2.